The molecule has 4 N–H and O–H groups in total. The number of hydrogen-bond donors (Lipinski definition) is 4. The van der Waals surface area contributed by atoms with Gasteiger partial charge in [0.2, 0.25) is 0 Å². The first kappa shape index (κ1) is 15.3. The predicted molar refractivity (Wildman–Crippen MR) is 46.9 cm³/mol. The zero-order valence-electron chi connectivity index (χ0n) is 7.80. The van der Waals surface area contributed by atoms with Crippen LogP contribution in [0, 0.1) is 0 Å². The molecule has 0 rings (SSSR count). The van der Waals surface area contributed by atoms with Crippen molar-refractivity contribution in [3.05, 3.63) is 0 Å². The molecule has 0 radical (unpaired) electrons. The molecule has 6 nitrogen and oxygen atoms in total. The van der Waals surface area contributed by atoms with Crippen LogP contribution in [0.1, 0.15) is 13.8 Å². The maximum Gasteiger partial charge on any atom is 0.261 e. The molecule has 13 heavy (non-hydrogen) atoms. The lowest BCUT2D eigenvalue weighted by molar-refractivity contribution is -0.0707. The van der Waals surface area contributed by atoms with Crippen LogP contribution in [0.15, 0.2) is 0 Å². The van der Waals surface area contributed by atoms with Gasteiger partial charge in [-0.15, -0.1) is 0 Å². The van der Waals surface area contributed by atoms with Gasteiger partial charge in [0.05, 0.1) is 18.5 Å². The summed E-state index contributed by atoms with van der Waals surface area (Å²) < 4.78 is 25.9. The van der Waals surface area contributed by atoms with Crippen LogP contribution in [-0.4, -0.2) is 52.9 Å². The van der Waals surface area contributed by atoms with E-state index in [2.05, 4.69) is 0 Å². The van der Waals surface area contributed by atoms with Gasteiger partial charge in [0.1, 0.15) is 6.10 Å². The van der Waals surface area contributed by atoms with Gasteiger partial charge < -0.3 is 15.3 Å². The van der Waals surface area contributed by atoms with Gasteiger partial charge in [-0.2, -0.15) is 8.42 Å². The molecule has 1 unspecified atom stereocenters. The highest BCUT2D eigenvalue weighted by atomic mass is 32.2. The van der Waals surface area contributed by atoms with Crippen LogP contribution in [0.3, 0.4) is 0 Å². The molecule has 0 aliphatic carbocycles. The second kappa shape index (κ2) is 5.51. The first-order valence-corrected chi connectivity index (χ1v) is 5.27. The third-order valence-corrected chi connectivity index (χ3v) is 0.988. The van der Waals surface area contributed by atoms with E-state index < -0.39 is 28.4 Å². The fourth-order valence-corrected chi connectivity index (χ4v) is 0.223. The Labute approximate surface area is 77.6 Å². The molecule has 0 aromatic heterocycles. The predicted octanol–water partition coefficient (Wildman–Crippen LogP) is -1.39. The van der Waals surface area contributed by atoms with Crippen LogP contribution in [-0.2, 0) is 10.1 Å². The molecule has 7 heteroatoms. The molecule has 0 heterocycles. The molecule has 0 saturated carbocycles. The van der Waals surface area contributed by atoms with E-state index in [0.717, 1.165) is 0 Å². The topological polar surface area (TPSA) is 115 Å². The van der Waals surface area contributed by atoms with Gasteiger partial charge in [0.15, 0.2) is 0 Å². The summed E-state index contributed by atoms with van der Waals surface area (Å²) >= 11 is 0. The highest BCUT2D eigenvalue weighted by Crippen LogP contribution is 2.05. The SMILES string of the molecule is CC(C)(O)C(O)CO.CS(=O)(=O)O. The van der Waals surface area contributed by atoms with E-state index >= 15 is 0 Å². The summed E-state index contributed by atoms with van der Waals surface area (Å²) in [7, 11) is -3.67. The lowest BCUT2D eigenvalue weighted by Crippen LogP contribution is -2.38. The van der Waals surface area contributed by atoms with Crippen molar-refractivity contribution in [1.29, 1.82) is 0 Å². The largest absolute Gasteiger partial charge is 0.394 e. The van der Waals surface area contributed by atoms with Crippen molar-refractivity contribution in [1.82, 2.24) is 0 Å². The van der Waals surface area contributed by atoms with Gasteiger partial charge >= 0.3 is 0 Å². The first-order chi connectivity index (χ1) is 5.48. The number of hydrogen-bond acceptors (Lipinski definition) is 5. The summed E-state index contributed by atoms with van der Waals surface area (Å²) in [5.74, 6) is 0. The summed E-state index contributed by atoms with van der Waals surface area (Å²) in [5.41, 5.74) is -1.19. The van der Waals surface area contributed by atoms with Crippen molar-refractivity contribution >= 4 is 10.1 Å². The van der Waals surface area contributed by atoms with Crippen LogP contribution < -0.4 is 0 Å². The standard InChI is InChI=1S/C5H12O3.CH4O3S/c1-5(2,8)4(7)3-6;1-5(2,3)4/h4,6-8H,3H2,1-2H3;1H3,(H,2,3,4). The van der Waals surface area contributed by atoms with E-state index in [4.69, 9.17) is 19.9 Å². The Bertz CT molecular complexity index is 206. The molecule has 0 aliphatic rings. The van der Waals surface area contributed by atoms with Crippen LogP contribution in [0.25, 0.3) is 0 Å². The third-order valence-electron chi connectivity index (χ3n) is 0.988. The minimum atomic E-state index is -3.67. The van der Waals surface area contributed by atoms with E-state index in [9.17, 15) is 8.42 Å². The number of rotatable bonds is 2. The quantitative estimate of drug-likeness (QED) is 0.423. The van der Waals surface area contributed by atoms with Crippen molar-refractivity contribution in [2.75, 3.05) is 12.9 Å². The number of aliphatic hydroxyl groups excluding tert-OH is 2. The molecule has 1 atom stereocenters. The molecule has 0 bridgehead atoms. The average molecular weight is 216 g/mol. The van der Waals surface area contributed by atoms with Gasteiger partial charge in [-0.05, 0) is 13.8 Å². The van der Waals surface area contributed by atoms with Crippen molar-refractivity contribution in [3.63, 3.8) is 0 Å². The monoisotopic (exact) mass is 216 g/mol. The van der Waals surface area contributed by atoms with Crippen LogP contribution in [0.5, 0.6) is 0 Å². The minimum Gasteiger partial charge on any atom is -0.394 e. The summed E-state index contributed by atoms with van der Waals surface area (Å²) in [4.78, 5) is 0. The molecule has 0 amide bonds. The molecule has 0 aromatic rings. The van der Waals surface area contributed by atoms with Gasteiger partial charge in [0.25, 0.3) is 10.1 Å². The van der Waals surface area contributed by atoms with Crippen LogP contribution in [0.2, 0.25) is 0 Å². The molecule has 0 saturated heterocycles. The highest BCUT2D eigenvalue weighted by Gasteiger charge is 2.22. The molecular formula is C6H16O6S. The molecule has 0 aliphatic heterocycles. The Morgan fingerprint density at radius 2 is 1.62 bits per heavy atom. The first-order valence-electron chi connectivity index (χ1n) is 3.42. The van der Waals surface area contributed by atoms with Gasteiger partial charge in [-0.1, -0.05) is 0 Å². The minimum absolute atomic E-state index is 0.399. The molecule has 0 aromatic carbocycles. The Balaban J connectivity index is 0. The summed E-state index contributed by atoms with van der Waals surface area (Å²) in [6.07, 6.45) is -0.324. The van der Waals surface area contributed by atoms with Crippen molar-refractivity contribution in [2.24, 2.45) is 0 Å². The molecule has 82 valence electrons. The second-order valence-corrected chi connectivity index (χ2v) is 4.55. The van der Waals surface area contributed by atoms with E-state index in [1.54, 1.807) is 0 Å². The second-order valence-electron chi connectivity index (χ2n) is 3.09. The fourth-order valence-electron chi connectivity index (χ4n) is 0.223. The lowest BCUT2D eigenvalue weighted by atomic mass is 10.0. The van der Waals surface area contributed by atoms with Gasteiger partial charge in [-0.25, -0.2) is 0 Å². The Morgan fingerprint density at radius 1 is 1.38 bits per heavy atom. The Morgan fingerprint density at radius 3 is 1.62 bits per heavy atom. The highest BCUT2D eigenvalue weighted by molar-refractivity contribution is 7.85. The lowest BCUT2D eigenvalue weighted by Gasteiger charge is -2.21. The summed E-state index contributed by atoms with van der Waals surface area (Å²) in [5, 5.41) is 25.8. The zero-order valence-corrected chi connectivity index (χ0v) is 8.61. The Hall–Kier alpha value is -0.210. The van der Waals surface area contributed by atoms with E-state index in [1.165, 1.54) is 13.8 Å². The average Bonchev–Trinajstić information content (AvgIpc) is 1.80. The third kappa shape index (κ3) is 18.6. The fraction of sp³-hybridized carbons (Fsp3) is 1.00. The molecule has 0 spiro atoms. The van der Waals surface area contributed by atoms with Gasteiger partial charge in [0, 0.05) is 0 Å². The van der Waals surface area contributed by atoms with Gasteiger partial charge in [-0.3, -0.25) is 4.55 Å². The van der Waals surface area contributed by atoms with E-state index in [1.807, 2.05) is 0 Å². The van der Waals surface area contributed by atoms with Crippen molar-refractivity contribution in [2.45, 2.75) is 25.6 Å². The van der Waals surface area contributed by atoms with E-state index in [-0.39, 0.29) is 0 Å². The zero-order chi connectivity index (χ0) is 11.3. The van der Waals surface area contributed by atoms with E-state index in [0.29, 0.717) is 6.26 Å². The van der Waals surface area contributed by atoms with Crippen molar-refractivity contribution < 1.29 is 28.3 Å². The molecular weight excluding hydrogens is 200 g/mol. The smallest absolute Gasteiger partial charge is 0.261 e. The summed E-state index contributed by atoms with van der Waals surface area (Å²) in [6.45, 7) is 2.48. The van der Waals surface area contributed by atoms with Crippen LogP contribution >= 0.6 is 0 Å². The van der Waals surface area contributed by atoms with Crippen LogP contribution in [0.4, 0.5) is 0 Å². The maximum atomic E-state index is 9.19. The number of aliphatic hydroxyl groups is 3. The molecule has 0 fully saturated rings. The Kier molecular flexibility index (Phi) is 6.47. The normalized spacial score (nSPS) is 14.4. The summed E-state index contributed by atoms with van der Waals surface area (Å²) in [6, 6.07) is 0. The maximum absolute atomic E-state index is 9.19. The van der Waals surface area contributed by atoms with Crippen molar-refractivity contribution in [3.8, 4) is 0 Å².